The highest BCUT2D eigenvalue weighted by atomic mass is 35.5. The van der Waals surface area contributed by atoms with E-state index in [1.807, 2.05) is 10.9 Å². The SMILES string of the molecule is Clc1cnn(CCCCC2CC(c3cccc4ccccc34)=CCN2)c1. The van der Waals surface area contributed by atoms with E-state index < -0.39 is 0 Å². The van der Waals surface area contributed by atoms with Crippen LogP contribution in [0.3, 0.4) is 0 Å². The van der Waals surface area contributed by atoms with Crippen LogP contribution in [-0.2, 0) is 6.54 Å². The largest absolute Gasteiger partial charge is 0.310 e. The molecule has 1 N–H and O–H groups in total. The van der Waals surface area contributed by atoms with Crippen molar-refractivity contribution in [3.05, 3.63) is 71.5 Å². The van der Waals surface area contributed by atoms with Gasteiger partial charge >= 0.3 is 0 Å². The summed E-state index contributed by atoms with van der Waals surface area (Å²) in [7, 11) is 0. The van der Waals surface area contributed by atoms with Gasteiger partial charge in [0.05, 0.1) is 11.2 Å². The van der Waals surface area contributed by atoms with Crippen LogP contribution in [0.4, 0.5) is 0 Å². The zero-order valence-corrected chi connectivity index (χ0v) is 15.6. The van der Waals surface area contributed by atoms with Crippen molar-refractivity contribution in [3.63, 3.8) is 0 Å². The topological polar surface area (TPSA) is 29.9 Å². The summed E-state index contributed by atoms with van der Waals surface area (Å²) in [6, 6.07) is 15.8. The van der Waals surface area contributed by atoms with Gasteiger partial charge in [0.2, 0.25) is 0 Å². The molecule has 1 unspecified atom stereocenters. The van der Waals surface area contributed by atoms with E-state index in [0.717, 1.165) is 25.9 Å². The quantitative estimate of drug-likeness (QED) is 0.600. The molecular weight excluding hydrogens is 342 g/mol. The monoisotopic (exact) mass is 365 g/mol. The highest BCUT2D eigenvalue weighted by Gasteiger charge is 2.17. The average molecular weight is 366 g/mol. The molecule has 0 radical (unpaired) electrons. The van der Waals surface area contributed by atoms with E-state index in [4.69, 9.17) is 11.6 Å². The number of rotatable bonds is 6. The average Bonchev–Trinajstić information content (AvgIpc) is 3.10. The van der Waals surface area contributed by atoms with Crippen LogP contribution >= 0.6 is 11.6 Å². The van der Waals surface area contributed by atoms with E-state index in [-0.39, 0.29) is 0 Å². The Bertz CT molecular complexity index is 907. The third-order valence-electron chi connectivity index (χ3n) is 5.15. The summed E-state index contributed by atoms with van der Waals surface area (Å²) in [4.78, 5) is 0. The number of halogens is 1. The second kappa shape index (κ2) is 8.07. The summed E-state index contributed by atoms with van der Waals surface area (Å²) < 4.78 is 1.93. The highest BCUT2D eigenvalue weighted by molar-refractivity contribution is 6.30. The Morgan fingerprint density at radius 2 is 2.00 bits per heavy atom. The minimum absolute atomic E-state index is 0.551. The molecule has 4 rings (SSSR count). The number of nitrogens with one attached hydrogen (secondary N) is 1. The van der Waals surface area contributed by atoms with Gasteiger partial charge in [-0.25, -0.2) is 0 Å². The van der Waals surface area contributed by atoms with E-state index in [1.54, 1.807) is 6.20 Å². The summed E-state index contributed by atoms with van der Waals surface area (Å²) in [6.45, 7) is 1.89. The van der Waals surface area contributed by atoms with Gasteiger partial charge in [0, 0.05) is 25.3 Å². The maximum atomic E-state index is 5.91. The summed E-state index contributed by atoms with van der Waals surface area (Å²) in [6.07, 6.45) is 10.6. The smallest absolute Gasteiger partial charge is 0.0785 e. The molecule has 2 heterocycles. The molecule has 4 heteroatoms. The first-order valence-electron chi connectivity index (χ1n) is 9.38. The lowest BCUT2D eigenvalue weighted by Gasteiger charge is -2.25. The number of aryl methyl sites for hydroxylation is 1. The molecule has 0 amide bonds. The van der Waals surface area contributed by atoms with Crippen LogP contribution in [0.2, 0.25) is 5.02 Å². The Morgan fingerprint density at radius 3 is 2.88 bits per heavy atom. The van der Waals surface area contributed by atoms with Gasteiger partial charge in [0.1, 0.15) is 0 Å². The number of hydrogen-bond acceptors (Lipinski definition) is 2. The van der Waals surface area contributed by atoms with Crippen LogP contribution in [0.1, 0.15) is 31.2 Å². The van der Waals surface area contributed by atoms with E-state index in [9.17, 15) is 0 Å². The van der Waals surface area contributed by atoms with Crippen molar-refractivity contribution in [3.8, 4) is 0 Å². The maximum absolute atomic E-state index is 5.91. The van der Waals surface area contributed by atoms with Gasteiger partial charge in [0.25, 0.3) is 0 Å². The van der Waals surface area contributed by atoms with Crippen LogP contribution in [0.15, 0.2) is 60.9 Å². The molecule has 3 nitrogen and oxygen atoms in total. The lowest BCUT2D eigenvalue weighted by atomic mass is 9.90. The Labute approximate surface area is 159 Å². The fourth-order valence-corrected chi connectivity index (χ4v) is 3.98. The van der Waals surface area contributed by atoms with Crippen LogP contribution in [0.25, 0.3) is 16.3 Å². The van der Waals surface area contributed by atoms with Gasteiger partial charge in [0.15, 0.2) is 0 Å². The fraction of sp³-hybridized carbons (Fsp3) is 0.318. The molecule has 0 saturated heterocycles. The first-order valence-corrected chi connectivity index (χ1v) is 9.76. The molecule has 0 bridgehead atoms. The molecule has 1 aliphatic rings. The Hall–Kier alpha value is -2.10. The first kappa shape index (κ1) is 17.3. The number of unbranched alkanes of at least 4 members (excludes halogenated alkanes) is 1. The molecule has 1 aliphatic heterocycles. The van der Waals surface area contributed by atoms with Crippen molar-refractivity contribution < 1.29 is 0 Å². The molecule has 2 aromatic carbocycles. The Kier molecular flexibility index (Phi) is 5.37. The molecule has 0 spiro atoms. The maximum Gasteiger partial charge on any atom is 0.0785 e. The number of nitrogens with zero attached hydrogens (tertiary/aromatic N) is 2. The number of hydrogen-bond donors (Lipinski definition) is 1. The molecule has 0 saturated carbocycles. The lowest BCUT2D eigenvalue weighted by Crippen LogP contribution is -2.32. The number of benzene rings is 2. The highest BCUT2D eigenvalue weighted by Crippen LogP contribution is 2.30. The Morgan fingerprint density at radius 1 is 1.12 bits per heavy atom. The molecule has 1 atom stereocenters. The van der Waals surface area contributed by atoms with Gasteiger partial charge in [-0.1, -0.05) is 66.6 Å². The van der Waals surface area contributed by atoms with Crippen molar-refractivity contribution in [1.29, 1.82) is 0 Å². The number of fused-ring (bicyclic) bond motifs is 1. The second-order valence-electron chi connectivity index (χ2n) is 6.98. The van der Waals surface area contributed by atoms with Crippen LogP contribution in [0.5, 0.6) is 0 Å². The standard InChI is InChI=1S/C22H24ClN3/c23-19-15-25-26(16-19)13-4-3-8-20-14-18(11-12-24-20)22-10-5-7-17-6-1-2-9-21(17)22/h1-2,5-7,9-11,15-16,20,24H,3-4,8,12-14H2. The van der Waals surface area contributed by atoms with Crippen LogP contribution in [0, 0.1) is 0 Å². The molecule has 134 valence electrons. The minimum Gasteiger partial charge on any atom is -0.310 e. The van der Waals surface area contributed by atoms with Crippen molar-refractivity contribution in [2.24, 2.45) is 0 Å². The fourth-order valence-electron chi connectivity index (χ4n) is 3.82. The normalized spacial score (nSPS) is 17.4. The molecule has 0 fully saturated rings. The van der Waals surface area contributed by atoms with E-state index in [2.05, 4.69) is 59.0 Å². The van der Waals surface area contributed by atoms with Gasteiger partial charge < -0.3 is 5.32 Å². The summed E-state index contributed by atoms with van der Waals surface area (Å²) in [5, 5.41) is 11.3. The van der Waals surface area contributed by atoms with Crippen molar-refractivity contribution >= 4 is 27.9 Å². The lowest BCUT2D eigenvalue weighted by molar-refractivity contribution is 0.456. The molecule has 1 aromatic heterocycles. The predicted octanol–water partition coefficient (Wildman–Crippen LogP) is 5.31. The van der Waals surface area contributed by atoms with Crippen molar-refractivity contribution in [2.75, 3.05) is 6.54 Å². The first-order chi connectivity index (χ1) is 12.8. The Balaban J connectivity index is 1.36. The minimum atomic E-state index is 0.551. The summed E-state index contributed by atoms with van der Waals surface area (Å²) in [5.74, 6) is 0. The molecule has 3 aromatic rings. The van der Waals surface area contributed by atoms with Crippen molar-refractivity contribution in [1.82, 2.24) is 15.1 Å². The zero-order valence-electron chi connectivity index (χ0n) is 14.9. The summed E-state index contributed by atoms with van der Waals surface area (Å²) in [5.41, 5.74) is 2.87. The molecular formula is C22H24ClN3. The van der Waals surface area contributed by atoms with Gasteiger partial charge in [-0.3, -0.25) is 4.68 Å². The van der Waals surface area contributed by atoms with E-state index in [1.165, 1.54) is 34.8 Å². The van der Waals surface area contributed by atoms with E-state index >= 15 is 0 Å². The van der Waals surface area contributed by atoms with Crippen molar-refractivity contribution in [2.45, 2.75) is 38.3 Å². The number of aromatic nitrogens is 2. The van der Waals surface area contributed by atoms with Gasteiger partial charge in [-0.2, -0.15) is 5.10 Å². The zero-order chi connectivity index (χ0) is 17.8. The molecule has 26 heavy (non-hydrogen) atoms. The van der Waals surface area contributed by atoms with E-state index in [0.29, 0.717) is 11.1 Å². The third-order valence-corrected chi connectivity index (χ3v) is 5.34. The van der Waals surface area contributed by atoms with Crippen LogP contribution in [-0.4, -0.2) is 22.4 Å². The predicted molar refractivity (Wildman–Crippen MR) is 109 cm³/mol. The van der Waals surface area contributed by atoms with Gasteiger partial charge in [-0.05, 0) is 41.2 Å². The molecule has 0 aliphatic carbocycles. The summed E-state index contributed by atoms with van der Waals surface area (Å²) >= 11 is 5.91. The second-order valence-corrected chi connectivity index (χ2v) is 7.42. The van der Waals surface area contributed by atoms with Crippen LogP contribution < -0.4 is 5.32 Å². The third kappa shape index (κ3) is 4.00. The van der Waals surface area contributed by atoms with Gasteiger partial charge in [-0.15, -0.1) is 0 Å².